The molecule has 2 aliphatic rings. The van der Waals surface area contributed by atoms with Gasteiger partial charge in [-0.1, -0.05) is 33.6 Å². The molecule has 3 atom stereocenters. The highest BCUT2D eigenvalue weighted by molar-refractivity contribution is 5.49. The molecule has 0 spiro atoms. The van der Waals surface area contributed by atoms with Crippen molar-refractivity contribution in [3.63, 3.8) is 0 Å². The van der Waals surface area contributed by atoms with E-state index < -0.39 is 5.60 Å². The van der Waals surface area contributed by atoms with E-state index in [0.717, 1.165) is 50.3 Å². The molecule has 152 valence electrons. The van der Waals surface area contributed by atoms with E-state index in [1.807, 2.05) is 0 Å². The van der Waals surface area contributed by atoms with Crippen molar-refractivity contribution in [2.75, 3.05) is 27.3 Å². The van der Waals surface area contributed by atoms with Crippen molar-refractivity contribution in [2.24, 2.45) is 11.8 Å². The molecule has 1 fully saturated rings. The van der Waals surface area contributed by atoms with Crippen LogP contribution in [0.15, 0.2) is 12.1 Å². The summed E-state index contributed by atoms with van der Waals surface area (Å²) in [5.41, 5.74) is 2.07. The van der Waals surface area contributed by atoms with Crippen LogP contribution >= 0.6 is 0 Å². The Labute approximate surface area is 164 Å². The minimum absolute atomic E-state index is 0.274. The second-order valence-corrected chi connectivity index (χ2v) is 8.44. The fourth-order valence-corrected chi connectivity index (χ4v) is 5.24. The van der Waals surface area contributed by atoms with Gasteiger partial charge < -0.3 is 14.6 Å². The molecule has 0 radical (unpaired) electrons. The van der Waals surface area contributed by atoms with Gasteiger partial charge in [0.2, 0.25) is 0 Å². The first-order valence-corrected chi connectivity index (χ1v) is 10.7. The Kier molecular flexibility index (Phi) is 6.37. The van der Waals surface area contributed by atoms with Crippen molar-refractivity contribution >= 4 is 0 Å². The van der Waals surface area contributed by atoms with Crippen LogP contribution in [0.25, 0.3) is 0 Å². The molecular formula is C23H37NO3. The van der Waals surface area contributed by atoms with Crippen molar-refractivity contribution in [2.45, 2.75) is 70.9 Å². The third kappa shape index (κ3) is 3.84. The lowest BCUT2D eigenvalue weighted by molar-refractivity contribution is -0.107. The topological polar surface area (TPSA) is 41.9 Å². The van der Waals surface area contributed by atoms with Gasteiger partial charge in [0, 0.05) is 25.0 Å². The number of hydrogen-bond acceptors (Lipinski definition) is 4. The molecule has 2 heterocycles. The van der Waals surface area contributed by atoms with Crippen molar-refractivity contribution in [3.05, 3.63) is 23.3 Å². The first kappa shape index (κ1) is 20.5. The van der Waals surface area contributed by atoms with Gasteiger partial charge in [-0.15, -0.1) is 0 Å². The van der Waals surface area contributed by atoms with Crippen molar-refractivity contribution in [1.29, 1.82) is 0 Å². The number of benzene rings is 1. The molecule has 1 aromatic rings. The molecular weight excluding hydrogens is 338 g/mol. The zero-order chi connectivity index (χ0) is 19.6. The van der Waals surface area contributed by atoms with Crippen LogP contribution in [0, 0.1) is 11.8 Å². The smallest absolute Gasteiger partial charge is 0.161 e. The monoisotopic (exact) mass is 375 g/mol. The van der Waals surface area contributed by atoms with Crippen LogP contribution in [0.4, 0.5) is 0 Å². The summed E-state index contributed by atoms with van der Waals surface area (Å²) in [4.78, 5) is 2.60. The van der Waals surface area contributed by atoms with Gasteiger partial charge in [-0.3, -0.25) is 4.90 Å². The lowest BCUT2D eigenvalue weighted by Crippen LogP contribution is -2.55. The molecule has 1 N–H and O–H groups in total. The van der Waals surface area contributed by atoms with E-state index in [2.05, 4.69) is 37.8 Å². The SMILES string of the molecule is CCC(CC)C[C@H]1CN2CCc3cc(OC)c(OC)cc3[C@@H]2C[C@]1(O)CC. The van der Waals surface area contributed by atoms with Gasteiger partial charge in [0.05, 0.1) is 19.8 Å². The Hall–Kier alpha value is -1.26. The number of fused-ring (bicyclic) bond motifs is 3. The molecule has 27 heavy (non-hydrogen) atoms. The summed E-state index contributed by atoms with van der Waals surface area (Å²) in [6.07, 6.45) is 6.22. The molecule has 4 heteroatoms. The van der Waals surface area contributed by atoms with Gasteiger partial charge in [0.15, 0.2) is 11.5 Å². The number of hydrogen-bond donors (Lipinski definition) is 1. The maximum atomic E-state index is 11.6. The number of ether oxygens (including phenoxy) is 2. The summed E-state index contributed by atoms with van der Waals surface area (Å²) in [6.45, 7) is 8.77. The second kappa shape index (κ2) is 8.40. The van der Waals surface area contributed by atoms with Crippen LogP contribution in [-0.4, -0.2) is 42.9 Å². The highest BCUT2D eigenvalue weighted by Gasteiger charge is 2.46. The van der Waals surface area contributed by atoms with Gasteiger partial charge in [-0.25, -0.2) is 0 Å². The van der Waals surface area contributed by atoms with E-state index in [9.17, 15) is 5.11 Å². The first-order chi connectivity index (χ1) is 13.0. The normalized spacial score (nSPS) is 28.0. The van der Waals surface area contributed by atoms with Crippen LogP contribution in [0.5, 0.6) is 11.5 Å². The van der Waals surface area contributed by atoms with Gasteiger partial charge in [-0.2, -0.15) is 0 Å². The van der Waals surface area contributed by atoms with Crippen LogP contribution in [0.1, 0.15) is 70.0 Å². The zero-order valence-corrected chi connectivity index (χ0v) is 17.8. The van der Waals surface area contributed by atoms with Crippen LogP contribution in [0.3, 0.4) is 0 Å². The van der Waals surface area contributed by atoms with Crippen LogP contribution in [0.2, 0.25) is 0 Å². The molecule has 0 saturated carbocycles. The van der Waals surface area contributed by atoms with E-state index in [-0.39, 0.29) is 6.04 Å². The largest absolute Gasteiger partial charge is 0.493 e. The average molecular weight is 376 g/mol. The van der Waals surface area contributed by atoms with Crippen molar-refractivity contribution in [1.82, 2.24) is 4.90 Å². The average Bonchev–Trinajstić information content (AvgIpc) is 2.71. The van der Waals surface area contributed by atoms with Gasteiger partial charge in [-0.05, 0) is 54.9 Å². The number of nitrogens with zero attached hydrogens (tertiary/aromatic N) is 1. The summed E-state index contributed by atoms with van der Waals surface area (Å²) in [6, 6.07) is 4.55. The molecule has 3 rings (SSSR count). The standard InChI is InChI=1S/C23H37NO3/c1-6-16(7-2)11-18-15-24-10-9-17-12-21(26-4)22(27-5)13-19(17)20(24)14-23(18,25)8-3/h12-13,16,18,20,25H,6-11,14-15H2,1-5H3/t18-,20-,23+/m0/s1. The number of aliphatic hydroxyl groups is 1. The maximum absolute atomic E-state index is 11.6. The predicted molar refractivity (Wildman–Crippen MR) is 110 cm³/mol. The Morgan fingerprint density at radius 2 is 1.81 bits per heavy atom. The first-order valence-electron chi connectivity index (χ1n) is 10.7. The molecule has 0 bridgehead atoms. The zero-order valence-electron chi connectivity index (χ0n) is 17.8. The summed E-state index contributed by atoms with van der Waals surface area (Å²) in [5, 5.41) is 11.6. The minimum atomic E-state index is -0.578. The molecule has 1 aromatic carbocycles. The summed E-state index contributed by atoms with van der Waals surface area (Å²) < 4.78 is 11.1. The van der Waals surface area contributed by atoms with Gasteiger partial charge >= 0.3 is 0 Å². The third-order valence-electron chi connectivity index (χ3n) is 7.26. The fourth-order valence-electron chi connectivity index (χ4n) is 5.24. The number of methoxy groups -OCH3 is 2. The summed E-state index contributed by atoms with van der Waals surface area (Å²) in [5.74, 6) is 2.67. The highest BCUT2D eigenvalue weighted by Crippen LogP contribution is 2.48. The van der Waals surface area contributed by atoms with E-state index in [4.69, 9.17) is 9.47 Å². The van der Waals surface area contributed by atoms with Crippen molar-refractivity contribution in [3.8, 4) is 11.5 Å². The molecule has 0 aromatic heterocycles. The molecule has 2 aliphatic heterocycles. The van der Waals surface area contributed by atoms with E-state index >= 15 is 0 Å². The van der Waals surface area contributed by atoms with E-state index in [0.29, 0.717) is 11.8 Å². The third-order valence-corrected chi connectivity index (χ3v) is 7.26. The van der Waals surface area contributed by atoms with Gasteiger partial charge in [0.25, 0.3) is 0 Å². The Morgan fingerprint density at radius 1 is 1.15 bits per heavy atom. The highest BCUT2D eigenvalue weighted by atomic mass is 16.5. The van der Waals surface area contributed by atoms with Crippen molar-refractivity contribution < 1.29 is 14.6 Å². The summed E-state index contributed by atoms with van der Waals surface area (Å²) in [7, 11) is 3.39. The molecule has 0 unspecified atom stereocenters. The lowest BCUT2D eigenvalue weighted by atomic mass is 9.69. The Balaban J connectivity index is 1.90. The molecule has 4 nitrogen and oxygen atoms in total. The fraction of sp³-hybridized carbons (Fsp3) is 0.739. The molecule has 0 aliphatic carbocycles. The number of piperidine rings is 1. The second-order valence-electron chi connectivity index (χ2n) is 8.44. The van der Waals surface area contributed by atoms with Gasteiger partial charge in [0.1, 0.15) is 0 Å². The number of rotatable bonds is 7. The summed E-state index contributed by atoms with van der Waals surface area (Å²) >= 11 is 0. The Bertz CT molecular complexity index is 643. The quantitative estimate of drug-likeness (QED) is 0.757. The molecule has 1 saturated heterocycles. The molecule has 0 amide bonds. The Morgan fingerprint density at radius 3 is 2.41 bits per heavy atom. The maximum Gasteiger partial charge on any atom is 0.161 e. The van der Waals surface area contributed by atoms with E-state index in [1.165, 1.54) is 24.0 Å². The van der Waals surface area contributed by atoms with E-state index in [1.54, 1.807) is 14.2 Å². The predicted octanol–water partition coefficient (Wildman–Crippen LogP) is 4.59. The lowest BCUT2D eigenvalue weighted by Gasteiger charge is -2.52. The van der Waals surface area contributed by atoms with Crippen LogP contribution in [-0.2, 0) is 6.42 Å². The minimum Gasteiger partial charge on any atom is -0.493 e. The van der Waals surface area contributed by atoms with Crippen LogP contribution < -0.4 is 9.47 Å².